The van der Waals surface area contributed by atoms with Crippen LogP contribution < -0.4 is 9.64 Å². The summed E-state index contributed by atoms with van der Waals surface area (Å²) in [6.07, 6.45) is 0. The summed E-state index contributed by atoms with van der Waals surface area (Å²) in [5.74, 6) is 0.966. The number of benzene rings is 2. The van der Waals surface area contributed by atoms with Crippen molar-refractivity contribution in [1.29, 1.82) is 0 Å². The fourth-order valence-corrected chi connectivity index (χ4v) is 2.98. The fraction of sp³-hybridized carbons (Fsp3) is 0.176. The summed E-state index contributed by atoms with van der Waals surface area (Å²) >= 11 is 1.29. The highest BCUT2D eigenvalue weighted by Gasteiger charge is 2.15. The zero-order valence-corrected chi connectivity index (χ0v) is 14.7. The molecular weight excluding hydrogens is 338 g/mol. The number of aromatic nitrogens is 4. The van der Waals surface area contributed by atoms with Crippen molar-refractivity contribution in [2.45, 2.75) is 5.16 Å². The van der Waals surface area contributed by atoms with E-state index in [1.165, 1.54) is 11.8 Å². The third kappa shape index (κ3) is 3.97. The molecule has 8 heteroatoms. The van der Waals surface area contributed by atoms with Crippen LogP contribution in [0.3, 0.4) is 0 Å². The maximum Gasteiger partial charge on any atom is 0.237 e. The third-order valence-electron chi connectivity index (χ3n) is 3.60. The maximum absolute atomic E-state index is 12.4. The highest BCUT2D eigenvalue weighted by atomic mass is 32.2. The number of methoxy groups -OCH3 is 1. The van der Waals surface area contributed by atoms with Gasteiger partial charge in [0.1, 0.15) is 5.75 Å². The lowest BCUT2D eigenvalue weighted by Gasteiger charge is -2.16. The van der Waals surface area contributed by atoms with Gasteiger partial charge >= 0.3 is 0 Å². The molecule has 7 nitrogen and oxygen atoms in total. The Balaban J connectivity index is 1.68. The number of anilines is 1. The smallest absolute Gasteiger partial charge is 0.237 e. The first-order valence-corrected chi connectivity index (χ1v) is 8.55. The molecule has 0 aliphatic heterocycles. The molecule has 3 aromatic rings. The van der Waals surface area contributed by atoms with Gasteiger partial charge in [-0.1, -0.05) is 30.0 Å². The Hall–Kier alpha value is -2.87. The van der Waals surface area contributed by atoms with Gasteiger partial charge in [-0.05, 0) is 46.8 Å². The Bertz CT molecular complexity index is 836. The summed E-state index contributed by atoms with van der Waals surface area (Å²) in [6.45, 7) is 0. The molecule has 0 fully saturated rings. The summed E-state index contributed by atoms with van der Waals surface area (Å²) in [5, 5.41) is 12.3. The molecule has 0 spiro atoms. The number of tetrazole rings is 1. The van der Waals surface area contributed by atoms with Crippen molar-refractivity contribution < 1.29 is 9.53 Å². The van der Waals surface area contributed by atoms with Gasteiger partial charge in [0.05, 0.1) is 18.6 Å². The topological polar surface area (TPSA) is 73.1 Å². The van der Waals surface area contributed by atoms with Crippen molar-refractivity contribution in [2.24, 2.45) is 0 Å². The van der Waals surface area contributed by atoms with Crippen LogP contribution in [-0.2, 0) is 4.79 Å². The third-order valence-corrected chi connectivity index (χ3v) is 4.50. The average Bonchev–Trinajstić information content (AvgIpc) is 3.15. The number of carbonyl (C=O) groups is 1. The van der Waals surface area contributed by atoms with Gasteiger partial charge in [0.15, 0.2) is 0 Å². The molecule has 2 aromatic carbocycles. The molecular formula is C17H17N5O2S. The van der Waals surface area contributed by atoms with E-state index in [1.54, 1.807) is 23.7 Å². The Morgan fingerprint density at radius 1 is 1.16 bits per heavy atom. The molecule has 0 saturated carbocycles. The minimum Gasteiger partial charge on any atom is -0.497 e. The van der Waals surface area contributed by atoms with Crippen LogP contribution in [0.4, 0.5) is 5.69 Å². The quantitative estimate of drug-likeness (QED) is 0.632. The van der Waals surface area contributed by atoms with Crippen molar-refractivity contribution >= 4 is 23.4 Å². The Kier molecular flexibility index (Phi) is 5.30. The molecule has 0 N–H and O–H groups in total. The number of thioether (sulfide) groups is 1. The second kappa shape index (κ2) is 7.80. The molecule has 0 saturated heterocycles. The molecule has 25 heavy (non-hydrogen) atoms. The highest BCUT2D eigenvalue weighted by Crippen LogP contribution is 2.21. The summed E-state index contributed by atoms with van der Waals surface area (Å²) < 4.78 is 6.74. The number of hydrogen-bond donors (Lipinski definition) is 0. The lowest BCUT2D eigenvalue weighted by molar-refractivity contribution is -0.115. The van der Waals surface area contributed by atoms with E-state index in [0.29, 0.717) is 5.16 Å². The van der Waals surface area contributed by atoms with Crippen LogP contribution >= 0.6 is 11.8 Å². The molecule has 1 amide bonds. The van der Waals surface area contributed by atoms with Crippen LogP contribution in [0.15, 0.2) is 59.8 Å². The molecule has 0 aliphatic rings. The van der Waals surface area contributed by atoms with Crippen LogP contribution in [0.25, 0.3) is 5.69 Å². The number of rotatable bonds is 6. The average molecular weight is 355 g/mol. The molecule has 0 atom stereocenters. The number of para-hydroxylation sites is 1. The minimum atomic E-state index is -0.0273. The van der Waals surface area contributed by atoms with E-state index in [0.717, 1.165) is 17.1 Å². The molecule has 0 radical (unpaired) electrons. The number of amides is 1. The number of hydrogen-bond acceptors (Lipinski definition) is 6. The first-order chi connectivity index (χ1) is 12.2. The monoisotopic (exact) mass is 355 g/mol. The molecule has 128 valence electrons. The summed E-state index contributed by atoms with van der Waals surface area (Å²) in [5.41, 5.74) is 1.65. The maximum atomic E-state index is 12.4. The van der Waals surface area contributed by atoms with Gasteiger partial charge in [-0.3, -0.25) is 4.79 Å². The molecule has 0 unspecified atom stereocenters. The predicted octanol–water partition coefficient (Wildman–Crippen LogP) is 2.43. The van der Waals surface area contributed by atoms with Gasteiger partial charge in [-0.25, -0.2) is 0 Å². The lowest BCUT2D eigenvalue weighted by Crippen LogP contribution is -2.27. The van der Waals surface area contributed by atoms with E-state index in [2.05, 4.69) is 15.5 Å². The second-order valence-corrected chi connectivity index (χ2v) is 6.09. The second-order valence-electron chi connectivity index (χ2n) is 5.15. The minimum absolute atomic E-state index is 0.0273. The van der Waals surface area contributed by atoms with Crippen LogP contribution in [0, 0.1) is 0 Å². The summed E-state index contributed by atoms with van der Waals surface area (Å²) in [4.78, 5) is 14.0. The number of ether oxygens (including phenoxy) is 1. The van der Waals surface area contributed by atoms with Crippen LogP contribution in [0.2, 0.25) is 0 Å². The number of carbonyl (C=O) groups excluding carboxylic acids is 1. The van der Waals surface area contributed by atoms with E-state index in [4.69, 9.17) is 4.74 Å². The summed E-state index contributed by atoms with van der Waals surface area (Å²) in [6, 6.07) is 16.9. The highest BCUT2D eigenvalue weighted by molar-refractivity contribution is 7.99. The van der Waals surface area contributed by atoms with Gasteiger partial charge in [0.25, 0.3) is 0 Å². The van der Waals surface area contributed by atoms with Gasteiger partial charge < -0.3 is 9.64 Å². The van der Waals surface area contributed by atoms with Gasteiger partial charge in [-0.2, -0.15) is 4.68 Å². The van der Waals surface area contributed by atoms with E-state index >= 15 is 0 Å². The van der Waals surface area contributed by atoms with Crippen LogP contribution in [0.5, 0.6) is 5.75 Å². The van der Waals surface area contributed by atoms with E-state index in [1.807, 2.05) is 54.6 Å². The van der Waals surface area contributed by atoms with Crippen molar-refractivity contribution in [2.75, 3.05) is 24.8 Å². The predicted molar refractivity (Wildman–Crippen MR) is 96.3 cm³/mol. The zero-order chi connectivity index (χ0) is 17.6. The van der Waals surface area contributed by atoms with E-state index in [-0.39, 0.29) is 11.7 Å². The standard InChI is InChI=1S/C17H17N5O2S/c1-21(13-6-4-3-5-7-13)16(23)12-25-17-18-19-20-22(17)14-8-10-15(24-2)11-9-14/h3-11H,12H2,1-2H3. The van der Waals surface area contributed by atoms with Gasteiger partial charge in [0.2, 0.25) is 11.1 Å². The fourth-order valence-electron chi connectivity index (χ4n) is 2.17. The summed E-state index contributed by atoms with van der Waals surface area (Å²) in [7, 11) is 3.37. The Morgan fingerprint density at radius 2 is 1.88 bits per heavy atom. The molecule has 3 rings (SSSR count). The van der Waals surface area contributed by atoms with Gasteiger partial charge in [0, 0.05) is 12.7 Å². The molecule has 1 heterocycles. The van der Waals surface area contributed by atoms with Crippen molar-refractivity contribution in [1.82, 2.24) is 20.2 Å². The molecule has 1 aromatic heterocycles. The van der Waals surface area contributed by atoms with Crippen molar-refractivity contribution in [3.63, 3.8) is 0 Å². The SMILES string of the molecule is COc1ccc(-n2nnnc2SCC(=O)N(C)c2ccccc2)cc1. The molecule has 0 bridgehead atoms. The molecule has 0 aliphatic carbocycles. The largest absolute Gasteiger partial charge is 0.497 e. The zero-order valence-electron chi connectivity index (χ0n) is 13.9. The first-order valence-electron chi connectivity index (χ1n) is 7.56. The van der Waals surface area contributed by atoms with E-state index in [9.17, 15) is 4.79 Å². The number of nitrogens with zero attached hydrogens (tertiary/aromatic N) is 5. The van der Waals surface area contributed by atoms with Crippen molar-refractivity contribution in [3.8, 4) is 11.4 Å². The first kappa shape index (κ1) is 17.0. The normalized spacial score (nSPS) is 10.5. The Morgan fingerprint density at radius 3 is 2.56 bits per heavy atom. The lowest BCUT2D eigenvalue weighted by atomic mass is 10.3. The van der Waals surface area contributed by atoms with E-state index < -0.39 is 0 Å². The van der Waals surface area contributed by atoms with Gasteiger partial charge in [-0.15, -0.1) is 5.10 Å². The van der Waals surface area contributed by atoms with Crippen LogP contribution in [-0.4, -0.2) is 46.0 Å². The Labute approximate surface area is 149 Å². The van der Waals surface area contributed by atoms with Crippen molar-refractivity contribution in [3.05, 3.63) is 54.6 Å². The van der Waals surface area contributed by atoms with Crippen LogP contribution in [0.1, 0.15) is 0 Å².